The van der Waals surface area contributed by atoms with Gasteiger partial charge in [-0.15, -0.1) is 0 Å². The zero-order valence-corrected chi connectivity index (χ0v) is 10.7. The maximum atomic E-state index is 4.28. The lowest BCUT2D eigenvalue weighted by molar-refractivity contribution is 0.497. The van der Waals surface area contributed by atoms with Gasteiger partial charge in [0.1, 0.15) is 11.4 Å². The molecule has 0 saturated heterocycles. The SMILES string of the molecule is C=C1C(C)c2c(ccc3ccccc23)[N+]1(C)C. The van der Waals surface area contributed by atoms with E-state index >= 15 is 0 Å². The Labute approximate surface area is 103 Å². The standard InChI is InChI=1S/C16H18N/c1-11-12(2)17(3,4)15-10-9-13-7-5-6-8-14(13)16(11)15/h5-11H,2H2,1,3-4H3/q+1. The lowest BCUT2D eigenvalue weighted by Gasteiger charge is -2.25. The van der Waals surface area contributed by atoms with Crippen LogP contribution in [0.15, 0.2) is 48.7 Å². The van der Waals surface area contributed by atoms with Crippen LogP contribution in [0.1, 0.15) is 18.4 Å². The van der Waals surface area contributed by atoms with Gasteiger partial charge in [-0.25, -0.2) is 0 Å². The Morgan fingerprint density at radius 1 is 1.06 bits per heavy atom. The molecule has 17 heavy (non-hydrogen) atoms. The molecule has 0 bridgehead atoms. The normalized spacial score (nSPS) is 21.8. The molecule has 86 valence electrons. The molecule has 0 spiro atoms. The Kier molecular flexibility index (Phi) is 1.99. The van der Waals surface area contributed by atoms with Crippen LogP contribution in [0.25, 0.3) is 10.8 Å². The molecule has 0 saturated carbocycles. The molecule has 1 nitrogen and oxygen atoms in total. The summed E-state index contributed by atoms with van der Waals surface area (Å²) in [6.45, 7) is 6.55. The molecule has 1 aliphatic rings. The van der Waals surface area contributed by atoms with Gasteiger partial charge in [0.2, 0.25) is 0 Å². The van der Waals surface area contributed by atoms with Gasteiger partial charge in [0, 0.05) is 11.6 Å². The first-order chi connectivity index (χ1) is 8.03. The highest BCUT2D eigenvalue weighted by Crippen LogP contribution is 2.48. The molecule has 2 aromatic carbocycles. The molecule has 0 radical (unpaired) electrons. The Balaban J connectivity index is 2.44. The predicted molar refractivity (Wildman–Crippen MR) is 75.1 cm³/mol. The van der Waals surface area contributed by atoms with Crippen molar-refractivity contribution >= 4 is 16.5 Å². The van der Waals surface area contributed by atoms with E-state index < -0.39 is 0 Å². The van der Waals surface area contributed by atoms with Crippen LogP contribution < -0.4 is 4.48 Å². The second-order valence-corrected chi connectivity index (χ2v) is 5.39. The lowest BCUT2D eigenvalue weighted by Crippen LogP contribution is -2.36. The predicted octanol–water partition coefficient (Wildman–Crippen LogP) is 4.04. The molecule has 2 aromatic rings. The molecule has 0 N–H and O–H groups in total. The van der Waals surface area contributed by atoms with Gasteiger partial charge >= 0.3 is 0 Å². The number of allylic oxidation sites excluding steroid dienone is 1. The Morgan fingerprint density at radius 2 is 1.76 bits per heavy atom. The van der Waals surface area contributed by atoms with Crippen molar-refractivity contribution in [3.05, 3.63) is 54.2 Å². The van der Waals surface area contributed by atoms with Crippen molar-refractivity contribution in [2.24, 2.45) is 0 Å². The fourth-order valence-electron chi connectivity index (χ4n) is 3.03. The molecular formula is C16H18N+. The highest BCUT2D eigenvalue weighted by atomic mass is 15.3. The average Bonchev–Trinajstić information content (AvgIpc) is 2.51. The molecule has 1 unspecified atom stereocenters. The van der Waals surface area contributed by atoms with E-state index in [0.29, 0.717) is 5.92 Å². The van der Waals surface area contributed by atoms with Crippen molar-refractivity contribution in [2.45, 2.75) is 12.8 Å². The number of likely N-dealkylation sites (N-methyl/N-ethyl adjacent to an activating group) is 1. The first-order valence-corrected chi connectivity index (χ1v) is 6.09. The Hall–Kier alpha value is -1.60. The quantitative estimate of drug-likeness (QED) is 0.592. The van der Waals surface area contributed by atoms with E-state index in [-0.39, 0.29) is 0 Å². The molecule has 3 rings (SSSR count). The molecule has 1 aliphatic heterocycles. The molecule has 0 aromatic heterocycles. The molecule has 0 amide bonds. The zero-order chi connectivity index (χ0) is 12.2. The Bertz CT molecular complexity index is 622. The van der Waals surface area contributed by atoms with Gasteiger partial charge in [0.15, 0.2) is 0 Å². The molecule has 1 heteroatoms. The van der Waals surface area contributed by atoms with Crippen LogP contribution in [-0.4, -0.2) is 14.1 Å². The molecule has 0 aliphatic carbocycles. The van der Waals surface area contributed by atoms with Crippen LogP contribution in [0.4, 0.5) is 5.69 Å². The van der Waals surface area contributed by atoms with E-state index in [9.17, 15) is 0 Å². The van der Waals surface area contributed by atoms with Gasteiger partial charge in [-0.05, 0) is 30.3 Å². The van der Waals surface area contributed by atoms with Crippen LogP contribution in [0.2, 0.25) is 0 Å². The van der Waals surface area contributed by atoms with Crippen molar-refractivity contribution in [3.8, 4) is 0 Å². The third-order valence-electron chi connectivity index (χ3n) is 4.20. The van der Waals surface area contributed by atoms with E-state index in [4.69, 9.17) is 0 Å². The van der Waals surface area contributed by atoms with Crippen molar-refractivity contribution in [2.75, 3.05) is 14.1 Å². The van der Waals surface area contributed by atoms with Crippen LogP contribution in [0.3, 0.4) is 0 Å². The van der Waals surface area contributed by atoms with Crippen molar-refractivity contribution < 1.29 is 0 Å². The summed E-state index contributed by atoms with van der Waals surface area (Å²) in [5.74, 6) is 0.436. The number of hydrogen-bond donors (Lipinski definition) is 0. The van der Waals surface area contributed by atoms with E-state index in [0.717, 1.165) is 4.48 Å². The summed E-state index contributed by atoms with van der Waals surface area (Å²) in [5.41, 5.74) is 4.12. The molecular weight excluding hydrogens is 206 g/mol. The summed E-state index contributed by atoms with van der Waals surface area (Å²) in [5, 5.41) is 2.70. The van der Waals surface area contributed by atoms with Crippen molar-refractivity contribution in [3.63, 3.8) is 0 Å². The van der Waals surface area contributed by atoms with Gasteiger partial charge in [0.25, 0.3) is 0 Å². The average molecular weight is 224 g/mol. The summed E-state index contributed by atoms with van der Waals surface area (Å²) in [6.07, 6.45) is 0. The van der Waals surface area contributed by atoms with Crippen LogP contribution in [0.5, 0.6) is 0 Å². The molecule has 0 fully saturated rings. The maximum Gasteiger partial charge on any atom is 0.141 e. The number of rotatable bonds is 0. The largest absolute Gasteiger partial charge is 0.267 e. The van der Waals surface area contributed by atoms with Gasteiger partial charge in [-0.1, -0.05) is 24.3 Å². The van der Waals surface area contributed by atoms with Gasteiger partial charge in [0.05, 0.1) is 20.0 Å². The number of benzene rings is 2. The minimum absolute atomic E-state index is 0.436. The van der Waals surface area contributed by atoms with Gasteiger partial charge in [-0.3, -0.25) is 4.48 Å². The van der Waals surface area contributed by atoms with Crippen molar-refractivity contribution in [1.29, 1.82) is 0 Å². The first-order valence-electron chi connectivity index (χ1n) is 6.09. The third-order valence-corrected chi connectivity index (χ3v) is 4.20. The van der Waals surface area contributed by atoms with Crippen LogP contribution in [-0.2, 0) is 0 Å². The van der Waals surface area contributed by atoms with Gasteiger partial charge < -0.3 is 0 Å². The number of nitrogens with zero attached hydrogens (tertiary/aromatic N) is 1. The highest BCUT2D eigenvalue weighted by molar-refractivity contribution is 5.92. The third kappa shape index (κ3) is 1.23. The smallest absolute Gasteiger partial charge is 0.141 e. The Morgan fingerprint density at radius 3 is 2.53 bits per heavy atom. The van der Waals surface area contributed by atoms with Crippen LogP contribution >= 0.6 is 0 Å². The first kappa shape index (κ1) is 10.5. The van der Waals surface area contributed by atoms with Crippen molar-refractivity contribution in [1.82, 2.24) is 4.48 Å². The topological polar surface area (TPSA) is 0 Å². The minimum atomic E-state index is 0.436. The number of hydrogen-bond acceptors (Lipinski definition) is 0. The second-order valence-electron chi connectivity index (χ2n) is 5.39. The maximum absolute atomic E-state index is 4.28. The highest BCUT2D eigenvalue weighted by Gasteiger charge is 2.40. The lowest BCUT2D eigenvalue weighted by atomic mass is 9.95. The molecule has 1 heterocycles. The second kappa shape index (κ2) is 3.21. The zero-order valence-electron chi connectivity index (χ0n) is 10.7. The number of fused-ring (bicyclic) bond motifs is 3. The summed E-state index contributed by atoms with van der Waals surface area (Å²) < 4.78 is 0.807. The monoisotopic (exact) mass is 224 g/mol. The fourth-order valence-corrected chi connectivity index (χ4v) is 3.03. The fraction of sp³-hybridized carbons (Fsp3) is 0.250. The summed E-state index contributed by atoms with van der Waals surface area (Å²) in [6, 6.07) is 13.1. The molecule has 1 atom stereocenters. The van der Waals surface area contributed by atoms with E-state index in [1.54, 1.807) is 0 Å². The van der Waals surface area contributed by atoms with E-state index in [2.05, 4.69) is 64.0 Å². The van der Waals surface area contributed by atoms with E-state index in [1.807, 2.05) is 0 Å². The van der Waals surface area contributed by atoms with E-state index in [1.165, 1.54) is 27.7 Å². The summed E-state index contributed by atoms with van der Waals surface area (Å²) in [7, 11) is 4.44. The van der Waals surface area contributed by atoms with Gasteiger partial charge in [-0.2, -0.15) is 0 Å². The summed E-state index contributed by atoms with van der Waals surface area (Å²) in [4.78, 5) is 0. The minimum Gasteiger partial charge on any atom is -0.267 e. The number of quaternary nitrogens is 1. The van der Waals surface area contributed by atoms with Crippen LogP contribution in [0, 0.1) is 0 Å². The summed E-state index contributed by atoms with van der Waals surface area (Å²) >= 11 is 0.